The molecule has 0 radical (unpaired) electrons. The molecule has 0 aliphatic heterocycles. The zero-order chi connectivity index (χ0) is 28.6. The van der Waals surface area contributed by atoms with E-state index in [2.05, 4.69) is 20.6 Å². The minimum absolute atomic E-state index is 0.0381. The first-order chi connectivity index (χ1) is 19.9. The minimum Gasteiger partial charge on any atom is -0.457 e. The van der Waals surface area contributed by atoms with Crippen LogP contribution in [0, 0.1) is 10.1 Å². The molecule has 11 nitrogen and oxygen atoms in total. The summed E-state index contributed by atoms with van der Waals surface area (Å²) >= 11 is 0. The Morgan fingerprint density at radius 2 is 1.15 bits per heavy atom. The third-order valence-corrected chi connectivity index (χ3v) is 5.57. The molecule has 2 amide bonds. The largest absolute Gasteiger partial charge is 0.457 e. The lowest BCUT2D eigenvalue weighted by atomic mass is 10.2. The topological polar surface area (TPSA) is 146 Å². The van der Waals surface area contributed by atoms with Crippen molar-refractivity contribution in [2.45, 2.75) is 0 Å². The fourth-order valence-corrected chi connectivity index (χ4v) is 3.60. The number of benzene rings is 4. The van der Waals surface area contributed by atoms with Crippen LogP contribution >= 0.6 is 0 Å². The molecule has 0 aliphatic rings. The maximum atomic E-state index is 13.0. The average molecular weight is 548 g/mol. The van der Waals surface area contributed by atoms with Gasteiger partial charge in [-0.25, -0.2) is 0 Å². The molecule has 0 saturated heterocycles. The Hall–Kier alpha value is -6.10. The van der Waals surface area contributed by atoms with Gasteiger partial charge in [-0.1, -0.05) is 36.4 Å². The summed E-state index contributed by atoms with van der Waals surface area (Å²) in [6.07, 6.45) is 0. The van der Waals surface area contributed by atoms with Crippen molar-refractivity contribution in [3.63, 3.8) is 0 Å². The zero-order valence-electron chi connectivity index (χ0n) is 21.3. The van der Waals surface area contributed by atoms with Gasteiger partial charge in [0.15, 0.2) is 0 Å². The molecule has 0 aliphatic carbocycles. The number of nitrogens with one attached hydrogen (secondary N) is 2. The predicted molar refractivity (Wildman–Crippen MR) is 151 cm³/mol. The first-order valence-corrected chi connectivity index (χ1v) is 12.2. The number of ether oxygens (including phenoxy) is 2. The van der Waals surface area contributed by atoms with E-state index in [0.29, 0.717) is 22.8 Å². The van der Waals surface area contributed by atoms with Gasteiger partial charge in [-0.05, 0) is 60.7 Å². The molecule has 0 fully saturated rings. The SMILES string of the molecule is O=C(Nc1cc(Oc2ccccc2)nc(NC(=O)c2ccc(Oc3ccccc3)cc2)n1)c1ccc([N+](=O)[O-])cc1. The van der Waals surface area contributed by atoms with Crippen LogP contribution in [-0.2, 0) is 0 Å². The van der Waals surface area contributed by atoms with Gasteiger partial charge in [0.2, 0.25) is 11.8 Å². The Labute approximate surface area is 233 Å². The maximum absolute atomic E-state index is 13.0. The van der Waals surface area contributed by atoms with E-state index < -0.39 is 16.7 Å². The van der Waals surface area contributed by atoms with Crippen LogP contribution in [0.4, 0.5) is 17.5 Å². The Morgan fingerprint density at radius 1 is 0.634 bits per heavy atom. The normalized spacial score (nSPS) is 10.3. The van der Waals surface area contributed by atoms with Gasteiger partial charge < -0.3 is 14.8 Å². The number of anilines is 2. The standard InChI is InChI=1S/C30H21N5O6/c36-28(20-11-15-22(16-12-20)35(38)39)31-26-19-27(41-24-9-5-2-6-10-24)33-30(32-26)34-29(37)21-13-17-25(18-14-21)40-23-7-3-1-4-8-23/h1-19H,(H2,31,32,33,34,36,37). The summed E-state index contributed by atoms with van der Waals surface area (Å²) in [6.45, 7) is 0. The number of carbonyl (C=O) groups is 2. The van der Waals surface area contributed by atoms with Crippen LogP contribution in [0.5, 0.6) is 23.1 Å². The second kappa shape index (κ2) is 12.2. The van der Waals surface area contributed by atoms with Crippen molar-refractivity contribution in [3.8, 4) is 23.1 Å². The Kier molecular flexibility index (Phi) is 7.87. The summed E-state index contributed by atoms with van der Waals surface area (Å²) in [5.74, 6) is 0.604. The molecule has 41 heavy (non-hydrogen) atoms. The lowest BCUT2D eigenvalue weighted by Gasteiger charge is -2.11. The number of hydrogen-bond donors (Lipinski definition) is 2. The van der Waals surface area contributed by atoms with Crippen LogP contribution in [0.25, 0.3) is 0 Å². The molecular weight excluding hydrogens is 526 g/mol. The van der Waals surface area contributed by atoms with E-state index in [1.54, 1.807) is 48.5 Å². The van der Waals surface area contributed by atoms with E-state index in [0.717, 1.165) is 0 Å². The number of non-ortho nitro benzene ring substituents is 1. The number of nitro groups is 1. The number of hydrogen-bond acceptors (Lipinski definition) is 8. The molecule has 5 rings (SSSR count). The molecule has 202 valence electrons. The zero-order valence-corrected chi connectivity index (χ0v) is 21.3. The molecular formula is C30H21N5O6. The molecule has 1 heterocycles. The molecule has 4 aromatic carbocycles. The predicted octanol–water partition coefficient (Wildman–Crippen LogP) is 6.47. The number of nitro benzene ring substituents is 1. The number of nitrogens with zero attached hydrogens (tertiary/aromatic N) is 3. The van der Waals surface area contributed by atoms with E-state index >= 15 is 0 Å². The van der Waals surface area contributed by atoms with Crippen molar-refractivity contribution < 1.29 is 24.0 Å². The van der Waals surface area contributed by atoms with E-state index in [4.69, 9.17) is 9.47 Å². The van der Waals surface area contributed by atoms with E-state index in [-0.39, 0.29) is 28.9 Å². The van der Waals surface area contributed by atoms with Gasteiger partial charge in [-0.2, -0.15) is 9.97 Å². The second-order valence-electron chi connectivity index (χ2n) is 8.48. The number of rotatable bonds is 9. The fraction of sp³-hybridized carbons (Fsp3) is 0. The molecule has 5 aromatic rings. The van der Waals surface area contributed by atoms with Gasteiger partial charge in [-0.15, -0.1) is 0 Å². The fourth-order valence-electron chi connectivity index (χ4n) is 3.60. The van der Waals surface area contributed by atoms with Crippen LogP contribution < -0.4 is 20.1 Å². The van der Waals surface area contributed by atoms with Crippen LogP contribution in [0.2, 0.25) is 0 Å². The van der Waals surface area contributed by atoms with Crippen LogP contribution in [-0.4, -0.2) is 26.7 Å². The Balaban J connectivity index is 1.35. The van der Waals surface area contributed by atoms with Gasteiger partial charge >= 0.3 is 0 Å². The quantitative estimate of drug-likeness (QED) is 0.158. The smallest absolute Gasteiger partial charge is 0.269 e. The highest BCUT2D eigenvalue weighted by atomic mass is 16.6. The number of carbonyl (C=O) groups excluding carboxylic acids is 2. The molecule has 11 heteroatoms. The number of para-hydroxylation sites is 2. The molecule has 0 atom stereocenters. The summed E-state index contributed by atoms with van der Waals surface area (Å²) < 4.78 is 11.6. The molecule has 1 aromatic heterocycles. The average Bonchev–Trinajstić information content (AvgIpc) is 2.98. The first-order valence-electron chi connectivity index (χ1n) is 12.2. The molecule has 0 saturated carbocycles. The van der Waals surface area contributed by atoms with Crippen molar-refractivity contribution in [2.75, 3.05) is 10.6 Å². The maximum Gasteiger partial charge on any atom is 0.269 e. The highest BCUT2D eigenvalue weighted by Crippen LogP contribution is 2.25. The van der Waals surface area contributed by atoms with E-state index in [1.807, 2.05) is 36.4 Å². The van der Waals surface area contributed by atoms with E-state index in [1.165, 1.54) is 30.3 Å². The second-order valence-corrected chi connectivity index (χ2v) is 8.48. The third-order valence-electron chi connectivity index (χ3n) is 5.57. The number of aromatic nitrogens is 2. The third kappa shape index (κ3) is 7.06. The monoisotopic (exact) mass is 547 g/mol. The summed E-state index contributed by atoms with van der Waals surface area (Å²) in [4.78, 5) is 44.6. The molecule has 0 spiro atoms. The van der Waals surface area contributed by atoms with Gasteiger partial charge in [0.1, 0.15) is 23.1 Å². The Morgan fingerprint density at radius 3 is 1.73 bits per heavy atom. The highest BCUT2D eigenvalue weighted by molar-refractivity contribution is 6.05. The summed E-state index contributed by atoms with van der Waals surface area (Å²) in [7, 11) is 0. The van der Waals surface area contributed by atoms with Crippen molar-refractivity contribution in [2.24, 2.45) is 0 Å². The van der Waals surface area contributed by atoms with Crippen molar-refractivity contribution in [3.05, 3.63) is 137 Å². The lowest BCUT2D eigenvalue weighted by Crippen LogP contribution is -2.17. The minimum atomic E-state index is -0.574. The highest BCUT2D eigenvalue weighted by Gasteiger charge is 2.15. The molecule has 0 bridgehead atoms. The van der Waals surface area contributed by atoms with Crippen LogP contribution in [0.15, 0.2) is 115 Å². The van der Waals surface area contributed by atoms with E-state index in [9.17, 15) is 19.7 Å². The first kappa shape index (κ1) is 26.5. The molecule has 0 unspecified atom stereocenters. The van der Waals surface area contributed by atoms with Crippen molar-refractivity contribution >= 4 is 29.3 Å². The summed E-state index contributed by atoms with van der Waals surface area (Å²) in [5.41, 5.74) is 0.342. The van der Waals surface area contributed by atoms with Crippen molar-refractivity contribution in [1.29, 1.82) is 0 Å². The number of amides is 2. The lowest BCUT2D eigenvalue weighted by molar-refractivity contribution is -0.384. The van der Waals surface area contributed by atoms with Gasteiger partial charge in [0.05, 0.1) is 4.92 Å². The summed E-state index contributed by atoms with van der Waals surface area (Å²) in [6, 6.07) is 31.0. The van der Waals surface area contributed by atoms with Crippen LogP contribution in [0.3, 0.4) is 0 Å². The van der Waals surface area contributed by atoms with Gasteiger partial charge in [0.25, 0.3) is 17.5 Å². The summed E-state index contributed by atoms with van der Waals surface area (Å²) in [5, 5.41) is 16.1. The molecule has 2 N–H and O–H groups in total. The van der Waals surface area contributed by atoms with Gasteiger partial charge in [-0.3, -0.25) is 25.0 Å². The van der Waals surface area contributed by atoms with Crippen molar-refractivity contribution in [1.82, 2.24) is 9.97 Å². The Bertz CT molecular complexity index is 1680. The van der Waals surface area contributed by atoms with Gasteiger partial charge in [0, 0.05) is 29.3 Å². The van der Waals surface area contributed by atoms with Crippen LogP contribution in [0.1, 0.15) is 20.7 Å².